The Morgan fingerprint density at radius 2 is 2.55 bits per heavy atom. The molecule has 0 amide bonds. The lowest BCUT2D eigenvalue weighted by atomic mass is 10.3. The van der Waals surface area contributed by atoms with E-state index in [0.717, 1.165) is 5.82 Å². The summed E-state index contributed by atoms with van der Waals surface area (Å²) < 4.78 is 0.433. The molecule has 0 saturated carbocycles. The molecule has 0 aliphatic carbocycles. The first-order valence-electron chi connectivity index (χ1n) is 3.05. The molecular formula is C6H8N4S. The molecule has 1 aromatic rings. The number of nitrogens with one attached hydrogen (secondary N) is 3. The van der Waals surface area contributed by atoms with Crippen LogP contribution in [-0.4, -0.2) is 23.2 Å². The maximum atomic E-state index is 7.04. The number of aromatic nitrogens is 2. The number of rotatable bonds is 2. The molecule has 0 saturated heterocycles. The smallest absolute Gasteiger partial charge is 0.140 e. The third kappa shape index (κ3) is 1.43. The van der Waals surface area contributed by atoms with Crippen molar-refractivity contribution in [2.45, 2.75) is 0 Å². The van der Waals surface area contributed by atoms with Gasteiger partial charge >= 0.3 is 0 Å². The normalized spacial score (nSPS) is 9.18. The standard InChI is InChI=1S/C6H8N4S/c1-8-5-4(2-7)6(11)10-3-9-5/h2-3,7H,1H3,(H2,8,9,10,11). The van der Waals surface area contributed by atoms with Gasteiger partial charge in [0, 0.05) is 13.3 Å². The Hall–Kier alpha value is -1.23. The number of aromatic amines is 1. The van der Waals surface area contributed by atoms with E-state index >= 15 is 0 Å². The van der Waals surface area contributed by atoms with Crippen LogP contribution in [0.1, 0.15) is 5.56 Å². The van der Waals surface area contributed by atoms with Gasteiger partial charge in [0.05, 0.1) is 11.9 Å². The van der Waals surface area contributed by atoms with E-state index in [1.165, 1.54) is 12.5 Å². The molecule has 0 aliphatic rings. The zero-order valence-corrected chi connectivity index (χ0v) is 6.83. The van der Waals surface area contributed by atoms with Crippen molar-refractivity contribution < 1.29 is 0 Å². The number of hydrogen-bond acceptors (Lipinski definition) is 4. The molecule has 0 fully saturated rings. The summed E-state index contributed by atoms with van der Waals surface area (Å²) in [5, 5.41) is 9.91. The highest BCUT2D eigenvalue weighted by Gasteiger charge is 1.98. The summed E-state index contributed by atoms with van der Waals surface area (Å²) in [6, 6.07) is 0. The van der Waals surface area contributed by atoms with Crippen LogP contribution in [0.15, 0.2) is 6.33 Å². The molecule has 0 atom stereocenters. The van der Waals surface area contributed by atoms with Gasteiger partial charge in [0.1, 0.15) is 10.5 Å². The molecule has 1 heterocycles. The second-order valence-corrected chi connectivity index (χ2v) is 2.28. The Kier molecular flexibility index (Phi) is 2.32. The predicted octanol–water partition coefficient (Wildman–Crippen LogP) is 1.18. The van der Waals surface area contributed by atoms with Crippen LogP contribution in [0.4, 0.5) is 5.82 Å². The molecule has 3 N–H and O–H groups in total. The summed E-state index contributed by atoms with van der Waals surface area (Å²) in [6.45, 7) is 0. The summed E-state index contributed by atoms with van der Waals surface area (Å²) in [4.78, 5) is 6.66. The minimum Gasteiger partial charge on any atom is -0.374 e. The quantitative estimate of drug-likeness (QED) is 0.459. The molecule has 5 heteroatoms. The fourth-order valence-electron chi connectivity index (χ4n) is 0.750. The topological polar surface area (TPSA) is 64.6 Å². The van der Waals surface area contributed by atoms with Crippen LogP contribution < -0.4 is 5.32 Å². The van der Waals surface area contributed by atoms with Crippen LogP contribution in [0.5, 0.6) is 0 Å². The molecule has 0 aromatic carbocycles. The van der Waals surface area contributed by atoms with Crippen molar-refractivity contribution in [3.05, 3.63) is 16.5 Å². The van der Waals surface area contributed by atoms with E-state index in [0.29, 0.717) is 10.2 Å². The fourth-order valence-corrected chi connectivity index (χ4v) is 0.964. The van der Waals surface area contributed by atoms with Crippen LogP contribution in [0, 0.1) is 10.0 Å². The van der Waals surface area contributed by atoms with Crippen molar-refractivity contribution in [2.75, 3.05) is 12.4 Å². The minimum atomic E-state index is 0.433. The predicted molar refractivity (Wildman–Crippen MR) is 46.9 cm³/mol. The van der Waals surface area contributed by atoms with E-state index in [1.807, 2.05) is 0 Å². The van der Waals surface area contributed by atoms with Crippen molar-refractivity contribution in [2.24, 2.45) is 0 Å². The largest absolute Gasteiger partial charge is 0.374 e. The van der Waals surface area contributed by atoms with Crippen LogP contribution >= 0.6 is 12.2 Å². The van der Waals surface area contributed by atoms with Crippen molar-refractivity contribution in [1.82, 2.24) is 9.97 Å². The first-order chi connectivity index (χ1) is 5.29. The Morgan fingerprint density at radius 1 is 1.82 bits per heavy atom. The van der Waals surface area contributed by atoms with Gasteiger partial charge in [-0.05, 0) is 0 Å². The van der Waals surface area contributed by atoms with E-state index < -0.39 is 0 Å². The average Bonchev–Trinajstić information content (AvgIpc) is 2.04. The number of H-pyrrole nitrogens is 1. The first-order valence-corrected chi connectivity index (χ1v) is 3.46. The molecule has 0 bridgehead atoms. The summed E-state index contributed by atoms with van der Waals surface area (Å²) in [7, 11) is 1.76. The van der Waals surface area contributed by atoms with E-state index in [-0.39, 0.29) is 0 Å². The highest BCUT2D eigenvalue weighted by Crippen LogP contribution is 2.06. The second kappa shape index (κ2) is 3.25. The van der Waals surface area contributed by atoms with Crippen LogP contribution in [-0.2, 0) is 0 Å². The summed E-state index contributed by atoms with van der Waals surface area (Å²) in [5.41, 5.74) is 0.616. The van der Waals surface area contributed by atoms with Gasteiger partial charge in [0.25, 0.3) is 0 Å². The molecule has 0 spiro atoms. The van der Waals surface area contributed by atoms with E-state index in [1.54, 1.807) is 7.05 Å². The van der Waals surface area contributed by atoms with Gasteiger partial charge in [0.2, 0.25) is 0 Å². The Morgan fingerprint density at radius 3 is 3.00 bits per heavy atom. The number of nitrogens with zero attached hydrogens (tertiary/aromatic N) is 1. The fraction of sp³-hybridized carbons (Fsp3) is 0.167. The second-order valence-electron chi connectivity index (χ2n) is 1.89. The van der Waals surface area contributed by atoms with Crippen LogP contribution in [0.2, 0.25) is 0 Å². The summed E-state index contributed by atoms with van der Waals surface area (Å²) >= 11 is 4.88. The molecule has 58 valence electrons. The highest BCUT2D eigenvalue weighted by molar-refractivity contribution is 7.71. The van der Waals surface area contributed by atoms with Gasteiger partial charge in [-0.3, -0.25) is 0 Å². The Labute approximate surface area is 69.2 Å². The molecular weight excluding hydrogens is 160 g/mol. The monoisotopic (exact) mass is 168 g/mol. The summed E-state index contributed by atoms with van der Waals surface area (Å²) in [5.74, 6) is 0.722. The average molecular weight is 168 g/mol. The van der Waals surface area contributed by atoms with Gasteiger partial charge < -0.3 is 15.7 Å². The van der Waals surface area contributed by atoms with Crippen LogP contribution in [0.25, 0.3) is 0 Å². The maximum absolute atomic E-state index is 7.04. The van der Waals surface area contributed by atoms with Crippen molar-refractivity contribution in [3.63, 3.8) is 0 Å². The third-order valence-electron chi connectivity index (χ3n) is 1.28. The van der Waals surface area contributed by atoms with Crippen molar-refractivity contribution in [3.8, 4) is 0 Å². The molecule has 0 radical (unpaired) electrons. The lowest BCUT2D eigenvalue weighted by molar-refractivity contribution is 1.14. The zero-order chi connectivity index (χ0) is 8.27. The third-order valence-corrected chi connectivity index (χ3v) is 1.61. The molecule has 1 rings (SSSR count). The minimum absolute atomic E-state index is 0.433. The number of anilines is 1. The lowest BCUT2D eigenvalue weighted by Crippen LogP contribution is -1.99. The maximum Gasteiger partial charge on any atom is 0.140 e. The highest BCUT2D eigenvalue weighted by atomic mass is 32.1. The molecule has 1 aromatic heterocycles. The lowest BCUT2D eigenvalue weighted by Gasteiger charge is -2.01. The SMILES string of the molecule is CNc1[nH]cnc(=S)c1C=N. The summed E-state index contributed by atoms with van der Waals surface area (Å²) in [6.07, 6.45) is 2.68. The molecule has 11 heavy (non-hydrogen) atoms. The Bertz CT molecular complexity index is 317. The molecule has 0 unspecified atom stereocenters. The number of hydrogen-bond donors (Lipinski definition) is 3. The molecule has 0 aliphatic heterocycles. The van der Waals surface area contributed by atoms with Gasteiger partial charge in [-0.25, -0.2) is 4.98 Å². The van der Waals surface area contributed by atoms with Gasteiger partial charge in [-0.15, -0.1) is 0 Å². The van der Waals surface area contributed by atoms with Crippen molar-refractivity contribution in [1.29, 1.82) is 5.41 Å². The van der Waals surface area contributed by atoms with Gasteiger partial charge in [-0.2, -0.15) is 0 Å². The Balaban J connectivity index is 3.36. The van der Waals surface area contributed by atoms with Crippen LogP contribution in [0.3, 0.4) is 0 Å². The van der Waals surface area contributed by atoms with E-state index in [4.69, 9.17) is 17.6 Å². The first kappa shape index (κ1) is 7.87. The zero-order valence-electron chi connectivity index (χ0n) is 6.01. The van der Waals surface area contributed by atoms with E-state index in [2.05, 4.69) is 15.3 Å². The van der Waals surface area contributed by atoms with Gasteiger partial charge in [-0.1, -0.05) is 12.2 Å². The van der Waals surface area contributed by atoms with E-state index in [9.17, 15) is 0 Å². The molecule has 4 nitrogen and oxygen atoms in total. The van der Waals surface area contributed by atoms with Gasteiger partial charge in [0.15, 0.2) is 0 Å². The van der Waals surface area contributed by atoms with Crippen molar-refractivity contribution >= 4 is 24.3 Å².